The van der Waals surface area contributed by atoms with Crippen molar-refractivity contribution in [1.82, 2.24) is 4.98 Å². The summed E-state index contributed by atoms with van der Waals surface area (Å²) in [6.07, 6.45) is 6.81. The third-order valence-electron chi connectivity index (χ3n) is 7.40. The van der Waals surface area contributed by atoms with E-state index < -0.39 is 0 Å². The predicted molar refractivity (Wildman–Crippen MR) is 162 cm³/mol. The number of benzene rings is 3. The number of aliphatic hydroxyl groups excluding tert-OH is 1. The van der Waals surface area contributed by atoms with Gasteiger partial charge in [0, 0.05) is 44.2 Å². The Kier molecular flexibility index (Phi) is 12.5. The molecular formula is C35H42IrNO2-. The summed E-state index contributed by atoms with van der Waals surface area (Å²) in [4.78, 5) is 16.4. The predicted octanol–water partition coefficient (Wildman–Crippen LogP) is 9.65. The molecule has 0 aliphatic heterocycles. The molecule has 0 unspecified atom stereocenters. The number of fused-ring (bicyclic) bond motifs is 3. The van der Waals surface area contributed by atoms with Crippen molar-refractivity contribution in [3.8, 4) is 11.3 Å². The van der Waals surface area contributed by atoms with Crippen LogP contribution in [0.25, 0.3) is 32.8 Å². The van der Waals surface area contributed by atoms with E-state index in [1.165, 1.54) is 38.7 Å². The second-order valence-corrected chi connectivity index (χ2v) is 10.3. The first-order valence-electron chi connectivity index (χ1n) is 14.0. The van der Waals surface area contributed by atoms with Gasteiger partial charge in [-0.2, -0.15) is 0 Å². The number of carbonyl (C=O) groups excluding carboxylic acids is 1. The molecule has 0 saturated heterocycles. The molecule has 4 heteroatoms. The van der Waals surface area contributed by atoms with Crippen LogP contribution in [-0.4, -0.2) is 15.9 Å². The van der Waals surface area contributed by atoms with Crippen molar-refractivity contribution in [3.05, 3.63) is 89.3 Å². The minimum absolute atomic E-state index is 0. The van der Waals surface area contributed by atoms with E-state index in [1.54, 1.807) is 0 Å². The summed E-state index contributed by atoms with van der Waals surface area (Å²) in [5, 5.41) is 14.8. The topological polar surface area (TPSA) is 50.2 Å². The van der Waals surface area contributed by atoms with Crippen LogP contribution < -0.4 is 0 Å². The standard InChI is InChI=1S/C22H18N.C13H24O2.Ir/c1-14-4-6-19-17(11-14)5-7-21-20(19)8-9-23-22(21)18-12-15(2)10-16(3)13-18;1-5-10(6-2)12(14)9-13(15)11(7-3)8-4;/h4-12H,1-3H3;9-11,14H,5-8H2,1-4H3;/q-1;;. The normalized spacial score (nSPS) is 11.5. The Balaban J connectivity index is 0.000000294. The van der Waals surface area contributed by atoms with Crippen LogP contribution in [0.4, 0.5) is 0 Å². The Bertz CT molecular complexity index is 1410. The van der Waals surface area contributed by atoms with Gasteiger partial charge in [0.2, 0.25) is 0 Å². The zero-order valence-corrected chi connectivity index (χ0v) is 26.8. The molecule has 0 fully saturated rings. The molecule has 0 saturated carbocycles. The van der Waals surface area contributed by atoms with Gasteiger partial charge in [0.1, 0.15) is 0 Å². The number of ketones is 1. The third kappa shape index (κ3) is 8.10. The van der Waals surface area contributed by atoms with E-state index in [1.807, 2.05) is 33.9 Å². The number of aliphatic hydroxyl groups is 1. The zero-order chi connectivity index (χ0) is 27.8. The number of allylic oxidation sites excluding steroid dienone is 2. The van der Waals surface area contributed by atoms with Gasteiger partial charge in [-0.15, -0.1) is 34.9 Å². The Morgan fingerprint density at radius 1 is 0.821 bits per heavy atom. The number of nitrogens with zero attached hydrogens (tertiary/aromatic N) is 1. The van der Waals surface area contributed by atoms with Gasteiger partial charge >= 0.3 is 0 Å². The number of aromatic nitrogens is 1. The minimum atomic E-state index is 0. The van der Waals surface area contributed by atoms with Crippen LogP contribution in [0.3, 0.4) is 0 Å². The first-order valence-corrected chi connectivity index (χ1v) is 14.0. The molecule has 4 rings (SSSR count). The van der Waals surface area contributed by atoms with E-state index in [-0.39, 0.29) is 43.5 Å². The largest absolute Gasteiger partial charge is 0.512 e. The van der Waals surface area contributed by atoms with Crippen molar-refractivity contribution in [2.45, 2.75) is 74.1 Å². The number of carbonyl (C=O) groups is 1. The summed E-state index contributed by atoms with van der Waals surface area (Å²) in [6, 6.07) is 20.9. The van der Waals surface area contributed by atoms with Crippen LogP contribution in [-0.2, 0) is 24.9 Å². The Morgan fingerprint density at radius 2 is 1.46 bits per heavy atom. The molecule has 0 spiro atoms. The van der Waals surface area contributed by atoms with Crippen molar-refractivity contribution >= 4 is 27.3 Å². The number of hydrogen-bond donors (Lipinski definition) is 1. The number of pyridine rings is 1. The van der Waals surface area contributed by atoms with Crippen molar-refractivity contribution in [3.63, 3.8) is 0 Å². The number of hydrogen-bond acceptors (Lipinski definition) is 3. The van der Waals surface area contributed by atoms with Crippen molar-refractivity contribution < 1.29 is 30.0 Å². The first kappa shape index (κ1) is 32.4. The van der Waals surface area contributed by atoms with E-state index in [9.17, 15) is 9.90 Å². The van der Waals surface area contributed by atoms with Crippen molar-refractivity contribution in [1.29, 1.82) is 0 Å². The van der Waals surface area contributed by atoms with E-state index >= 15 is 0 Å². The number of aryl methyl sites for hydroxylation is 3. The fourth-order valence-corrected chi connectivity index (χ4v) is 5.13. The Labute approximate surface area is 248 Å². The molecule has 1 aromatic heterocycles. The summed E-state index contributed by atoms with van der Waals surface area (Å²) in [6.45, 7) is 14.4. The quantitative estimate of drug-likeness (QED) is 0.0862. The monoisotopic (exact) mass is 701 g/mol. The summed E-state index contributed by atoms with van der Waals surface area (Å²) in [7, 11) is 0. The van der Waals surface area contributed by atoms with Gasteiger partial charge in [-0.25, -0.2) is 0 Å². The Morgan fingerprint density at radius 3 is 2.08 bits per heavy atom. The first-order chi connectivity index (χ1) is 18.2. The van der Waals surface area contributed by atoms with Crippen LogP contribution in [0.2, 0.25) is 0 Å². The molecule has 1 heterocycles. The van der Waals surface area contributed by atoms with E-state index in [0.29, 0.717) is 0 Å². The van der Waals surface area contributed by atoms with Crippen molar-refractivity contribution in [2.75, 3.05) is 0 Å². The van der Waals surface area contributed by atoms with Gasteiger partial charge in [-0.05, 0) is 65.9 Å². The number of rotatable bonds is 8. The average Bonchev–Trinajstić information content (AvgIpc) is 2.89. The molecule has 0 aliphatic rings. The smallest absolute Gasteiger partial charge is 0.162 e. The fraction of sp³-hybridized carbons (Fsp3) is 0.371. The van der Waals surface area contributed by atoms with Crippen LogP contribution in [0.15, 0.2) is 66.6 Å². The van der Waals surface area contributed by atoms with Crippen LogP contribution >= 0.6 is 0 Å². The molecule has 0 amide bonds. The van der Waals surface area contributed by atoms with Gasteiger partial charge in [0.05, 0.1) is 5.76 Å². The van der Waals surface area contributed by atoms with Crippen molar-refractivity contribution in [2.24, 2.45) is 11.8 Å². The van der Waals surface area contributed by atoms with Gasteiger partial charge in [-0.1, -0.05) is 77.4 Å². The minimum Gasteiger partial charge on any atom is -0.512 e. The molecule has 1 radical (unpaired) electrons. The van der Waals surface area contributed by atoms with Gasteiger partial charge in [0.15, 0.2) is 5.78 Å². The molecule has 4 aromatic rings. The van der Waals surface area contributed by atoms with E-state index in [0.717, 1.165) is 42.5 Å². The maximum absolute atomic E-state index is 11.7. The maximum Gasteiger partial charge on any atom is 0.162 e. The second-order valence-electron chi connectivity index (χ2n) is 10.3. The van der Waals surface area contributed by atoms with Gasteiger partial charge in [0.25, 0.3) is 0 Å². The fourth-order valence-electron chi connectivity index (χ4n) is 5.13. The van der Waals surface area contributed by atoms with Gasteiger partial charge < -0.3 is 10.1 Å². The van der Waals surface area contributed by atoms with E-state index in [4.69, 9.17) is 0 Å². The zero-order valence-electron chi connectivity index (χ0n) is 24.4. The summed E-state index contributed by atoms with van der Waals surface area (Å²) < 4.78 is 0. The molecule has 1 N–H and O–H groups in total. The molecule has 0 aliphatic carbocycles. The molecule has 209 valence electrons. The molecule has 3 aromatic carbocycles. The molecule has 0 bridgehead atoms. The van der Waals surface area contributed by atoms with E-state index in [2.05, 4.69) is 80.4 Å². The molecule has 39 heavy (non-hydrogen) atoms. The Hall–Kier alpha value is -2.81. The van der Waals surface area contributed by atoms with Gasteiger partial charge in [-0.3, -0.25) is 4.79 Å². The SMILES string of the molecule is CCC(CC)C(=O)C=C(O)C(CC)CC.Cc1[c-]c(-c2nccc3c2ccc2cc(C)ccc23)cc(C)c1.[Ir]. The molecule has 3 nitrogen and oxygen atoms in total. The summed E-state index contributed by atoms with van der Waals surface area (Å²) >= 11 is 0. The summed E-state index contributed by atoms with van der Waals surface area (Å²) in [5.41, 5.74) is 5.76. The van der Waals surface area contributed by atoms with Crippen LogP contribution in [0, 0.1) is 38.7 Å². The molecular weight excluding hydrogens is 659 g/mol. The summed E-state index contributed by atoms with van der Waals surface area (Å²) in [5.74, 6) is 0.547. The maximum atomic E-state index is 11.7. The second kappa shape index (κ2) is 15.1. The van der Waals surface area contributed by atoms with Crippen LogP contribution in [0.1, 0.15) is 70.1 Å². The average molecular weight is 701 g/mol. The molecule has 0 atom stereocenters. The van der Waals surface area contributed by atoms with Crippen LogP contribution in [0.5, 0.6) is 0 Å². The third-order valence-corrected chi connectivity index (χ3v) is 7.40.